The maximum atomic E-state index is 5.79. The topological polar surface area (TPSA) is 42.1 Å². The molecule has 3 heteroatoms. The van der Waals surface area contributed by atoms with Crippen LogP contribution in [0.1, 0.15) is 32.9 Å². The lowest BCUT2D eigenvalue weighted by Gasteiger charge is -2.40. The summed E-state index contributed by atoms with van der Waals surface area (Å²) in [6.45, 7) is 9.09. The Bertz CT molecular complexity index is 377. The summed E-state index contributed by atoms with van der Waals surface area (Å²) >= 11 is 0. The fourth-order valence-electron chi connectivity index (χ4n) is 2.83. The first-order chi connectivity index (χ1) is 8.06. The Labute approximate surface area is 104 Å². The van der Waals surface area contributed by atoms with Crippen molar-refractivity contribution in [3.8, 4) is 0 Å². The largest absolute Gasteiger partial charge is 0.399 e. The van der Waals surface area contributed by atoms with Crippen LogP contribution < -0.4 is 5.73 Å². The Morgan fingerprint density at radius 3 is 2.88 bits per heavy atom. The molecule has 17 heavy (non-hydrogen) atoms. The number of nitrogens with zero attached hydrogens (tertiary/aromatic N) is 2. The molecule has 3 unspecified atom stereocenters. The van der Waals surface area contributed by atoms with Gasteiger partial charge in [-0.1, -0.05) is 13.8 Å². The summed E-state index contributed by atoms with van der Waals surface area (Å²) in [7, 11) is 0. The van der Waals surface area contributed by atoms with Crippen LogP contribution in [-0.4, -0.2) is 22.5 Å². The Balaban J connectivity index is 2.07. The van der Waals surface area contributed by atoms with Crippen LogP contribution in [0.4, 0.5) is 5.69 Å². The highest BCUT2D eigenvalue weighted by Crippen LogP contribution is 2.27. The van der Waals surface area contributed by atoms with Crippen molar-refractivity contribution in [3.63, 3.8) is 0 Å². The van der Waals surface area contributed by atoms with Crippen LogP contribution in [0.15, 0.2) is 18.3 Å². The van der Waals surface area contributed by atoms with E-state index in [4.69, 9.17) is 5.73 Å². The number of nitrogen functional groups attached to an aromatic ring is 1. The van der Waals surface area contributed by atoms with E-state index < -0.39 is 0 Å². The molecule has 2 N–H and O–H groups in total. The Morgan fingerprint density at radius 1 is 1.41 bits per heavy atom. The molecule has 1 saturated heterocycles. The van der Waals surface area contributed by atoms with E-state index in [2.05, 4.69) is 30.7 Å². The van der Waals surface area contributed by atoms with Crippen molar-refractivity contribution >= 4 is 5.69 Å². The SMILES string of the molecule is CC1CC(C)C(C)N(Cc2cc(N)ccn2)C1. The van der Waals surface area contributed by atoms with Crippen LogP contribution in [0.3, 0.4) is 0 Å². The number of hydrogen-bond acceptors (Lipinski definition) is 3. The summed E-state index contributed by atoms with van der Waals surface area (Å²) in [6.07, 6.45) is 3.13. The van der Waals surface area contributed by atoms with Gasteiger partial charge >= 0.3 is 0 Å². The number of likely N-dealkylation sites (tertiary alicyclic amines) is 1. The zero-order valence-corrected chi connectivity index (χ0v) is 11.1. The Hall–Kier alpha value is -1.09. The van der Waals surface area contributed by atoms with E-state index in [1.165, 1.54) is 13.0 Å². The molecule has 0 aliphatic carbocycles. The minimum absolute atomic E-state index is 0.634. The highest BCUT2D eigenvalue weighted by molar-refractivity contribution is 5.37. The molecule has 1 aliphatic rings. The van der Waals surface area contributed by atoms with E-state index in [1.54, 1.807) is 6.20 Å². The lowest BCUT2D eigenvalue weighted by Crippen LogP contribution is -2.45. The van der Waals surface area contributed by atoms with Gasteiger partial charge in [-0.15, -0.1) is 0 Å². The molecule has 2 rings (SSSR count). The molecule has 0 bridgehead atoms. The second kappa shape index (κ2) is 5.05. The van der Waals surface area contributed by atoms with Crippen molar-refractivity contribution in [1.82, 2.24) is 9.88 Å². The van der Waals surface area contributed by atoms with Gasteiger partial charge in [0.15, 0.2) is 0 Å². The smallest absolute Gasteiger partial charge is 0.0564 e. The average molecular weight is 233 g/mol. The van der Waals surface area contributed by atoms with Crippen molar-refractivity contribution < 1.29 is 0 Å². The van der Waals surface area contributed by atoms with E-state index in [9.17, 15) is 0 Å². The first-order valence-electron chi connectivity index (χ1n) is 6.50. The van der Waals surface area contributed by atoms with Crippen LogP contribution in [0.2, 0.25) is 0 Å². The van der Waals surface area contributed by atoms with Gasteiger partial charge in [0, 0.05) is 31.0 Å². The molecule has 3 nitrogen and oxygen atoms in total. The van der Waals surface area contributed by atoms with Gasteiger partial charge in [-0.2, -0.15) is 0 Å². The quantitative estimate of drug-likeness (QED) is 0.853. The van der Waals surface area contributed by atoms with Gasteiger partial charge in [-0.05, 0) is 37.3 Å². The summed E-state index contributed by atoms with van der Waals surface area (Å²) in [5.74, 6) is 1.54. The Kier molecular flexibility index (Phi) is 3.67. The predicted molar refractivity (Wildman–Crippen MR) is 71.5 cm³/mol. The van der Waals surface area contributed by atoms with Crippen molar-refractivity contribution in [3.05, 3.63) is 24.0 Å². The molecule has 1 aromatic heterocycles. The summed E-state index contributed by atoms with van der Waals surface area (Å²) in [6, 6.07) is 4.46. The third kappa shape index (κ3) is 2.97. The number of anilines is 1. The van der Waals surface area contributed by atoms with Crippen LogP contribution in [0.5, 0.6) is 0 Å². The molecule has 1 aliphatic heterocycles. The van der Waals surface area contributed by atoms with Crippen LogP contribution >= 0.6 is 0 Å². The molecular formula is C14H23N3. The van der Waals surface area contributed by atoms with E-state index in [0.717, 1.165) is 29.8 Å². The molecule has 0 radical (unpaired) electrons. The number of rotatable bonds is 2. The first kappa shape index (κ1) is 12.4. The molecule has 0 amide bonds. The molecule has 3 atom stereocenters. The summed E-state index contributed by atoms with van der Waals surface area (Å²) in [5.41, 5.74) is 7.68. The normalized spacial score (nSPS) is 30.4. The summed E-state index contributed by atoms with van der Waals surface area (Å²) < 4.78 is 0. The maximum Gasteiger partial charge on any atom is 0.0564 e. The van der Waals surface area contributed by atoms with Crippen molar-refractivity contribution in [2.24, 2.45) is 11.8 Å². The number of piperidine rings is 1. The third-order valence-corrected chi connectivity index (χ3v) is 3.93. The number of aromatic nitrogens is 1. The lowest BCUT2D eigenvalue weighted by molar-refractivity contribution is 0.0718. The third-order valence-electron chi connectivity index (χ3n) is 3.93. The second-order valence-electron chi connectivity index (χ2n) is 5.57. The number of nitrogens with two attached hydrogens (primary N) is 1. The molecule has 0 aromatic carbocycles. The van der Waals surface area contributed by atoms with E-state index in [1.807, 2.05) is 12.1 Å². The highest BCUT2D eigenvalue weighted by Gasteiger charge is 2.28. The van der Waals surface area contributed by atoms with Gasteiger partial charge in [-0.3, -0.25) is 9.88 Å². The first-order valence-corrected chi connectivity index (χ1v) is 6.50. The van der Waals surface area contributed by atoms with Crippen LogP contribution in [0.25, 0.3) is 0 Å². The van der Waals surface area contributed by atoms with Gasteiger partial charge in [0.1, 0.15) is 0 Å². The molecule has 0 saturated carbocycles. The van der Waals surface area contributed by atoms with Crippen molar-refractivity contribution in [2.45, 2.75) is 39.8 Å². The van der Waals surface area contributed by atoms with Crippen LogP contribution in [0, 0.1) is 11.8 Å². The molecule has 2 heterocycles. The van der Waals surface area contributed by atoms with E-state index >= 15 is 0 Å². The molecule has 0 spiro atoms. The molecular weight excluding hydrogens is 210 g/mol. The Morgan fingerprint density at radius 2 is 2.18 bits per heavy atom. The van der Waals surface area contributed by atoms with Crippen LogP contribution in [-0.2, 0) is 6.54 Å². The number of pyridine rings is 1. The van der Waals surface area contributed by atoms with Gasteiger partial charge in [0.2, 0.25) is 0 Å². The van der Waals surface area contributed by atoms with Crippen molar-refractivity contribution in [2.75, 3.05) is 12.3 Å². The van der Waals surface area contributed by atoms with Gasteiger partial charge in [0.25, 0.3) is 0 Å². The molecule has 94 valence electrons. The van der Waals surface area contributed by atoms with Gasteiger partial charge in [0.05, 0.1) is 5.69 Å². The molecule has 1 fully saturated rings. The number of hydrogen-bond donors (Lipinski definition) is 1. The lowest BCUT2D eigenvalue weighted by atomic mass is 9.86. The summed E-state index contributed by atoms with van der Waals surface area (Å²) in [5, 5.41) is 0. The van der Waals surface area contributed by atoms with Gasteiger partial charge < -0.3 is 5.73 Å². The standard InChI is InChI=1S/C14H23N3/c1-10-6-11(2)12(3)17(8-10)9-14-7-13(15)4-5-16-14/h4-5,7,10-12H,6,8-9H2,1-3H3,(H2,15,16). The van der Waals surface area contributed by atoms with Gasteiger partial charge in [-0.25, -0.2) is 0 Å². The van der Waals surface area contributed by atoms with Crippen molar-refractivity contribution in [1.29, 1.82) is 0 Å². The average Bonchev–Trinajstić information content (AvgIpc) is 2.25. The monoisotopic (exact) mass is 233 g/mol. The predicted octanol–water partition coefficient (Wildman–Crippen LogP) is 2.53. The maximum absolute atomic E-state index is 5.79. The fraction of sp³-hybridized carbons (Fsp3) is 0.643. The fourth-order valence-corrected chi connectivity index (χ4v) is 2.83. The highest BCUT2D eigenvalue weighted by atomic mass is 15.2. The van der Waals surface area contributed by atoms with E-state index in [-0.39, 0.29) is 0 Å². The van der Waals surface area contributed by atoms with E-state index in [0.29, 0.717) is 6.04 Å². The minimum atomic E-state index is 0.634. The zero-order valence-electron chi connectivity index (χ0n) is 11.1. The molecule has 1 aromatic rings. The summed E-state index contributed by atoms with van der Waals surface area (Å²) in [4.78, 5) is 6.92. The zero-order chi connectivity index (χ0) is 12.4. The minimum Gasteiger partial charge on any atom is -0.399 e. The second-order valence-corrected chi connectivity index (χ2v) is 5.57.